The average Bonchev–Trinajstić information content (AvgIpc) is 3.09. The molecule has 2 aromatic rings. The fraction of sp³-hybridized carbons (Fsp3) is 0.500. The Morgan fingerprint density at radius 3 is 3.18 bits per heavy atom. The molecule has 1 saturated heterocycles. The van der Waals surface area contributed by atoms with Crippen LogP contribution >= 0.6 is 0 Å². The standard InChI is InChI=1S/C16H20FN3O2/c1-16(7-3-9-22-16)15(21)18-8-2-4-14-19-12-6-5-11(17)10-13(12)20-14/h5-6,10H,2-4,7-9H2,1H3,(H,18,21)(H,19,20). The number of halogens is 1. The van der Waals surface area contributed by atoms with Crippen LogP contribution in [0.3, 0.4) is 0 Å². The van der Waals surface area contributed by atoms with Crippen LogP contribution in [0.25, 0.3) is 11.0 Å². The number of amides is 1. The lowest BCUT2D eigenvalue weighted by Gasteiger charge is -2.21. The Kier molecular flexibility index (Phi) is 4.11. The summed E-state index contributed by atoms with van der Waals surface area (Å²) in [6.07, 6.45) is 3.17. The Morgan fingerprint density at radius 2 is 2.41 bits per heavy atom. The zero-order chi connectivity index (χ0) is 15.6. The van der Waals surface area contributed by atoms with E-state index in [-0.39, 0.29) is 11.7 Å². The summed E-state index contributed by atoms with van der Waals surface area (Å²) in [5.41, 5.74) is 0.787. The van der Waals surface area contributed by atoms with Crippen LogP contribution < -0.4 is 5.32 Å². The van der Waals surface area contributed by atoms with Gasteiger partial charge in [-0.15, -0.1) is 0 Å². The predicted molar refractivity (Wildman–Crippen MR) is 81.0 cm³/mol. The van der Waals surface area contributed by atoms with Crippen LogP contribution in [-0.4, -0.2) is 34.6 Å². The second-order valence-electron chi connectivity index (χ2n) is 5.89. The molecule has 0 saturated carbocycles. The monoisotopic (exact) mass is 305 g/mol. The molecule has 0 bridgehead atoms. The summed E-state index contributed by atoms with van der Waals surface area (Å²) in [6.45, 7) is 3.06. The number of rotatable bonds is 5. The molecule has 1 unspecified atom stereocenters. The van der Waals surface area contributed by atoms with E-state index in [0.29, 0.717) is 25.1 Å². The number of imidazole rings is 1. The maximum atomic E-state index is 13.1. The van der Waals surface area contributed by atoms with Gasteiger partial charge in [0.1, 0.15) is 17.2 Å². The van der Waals surface area contributed by atoms with Crippen LogP contribution in [0.5, 0.6) is 0 Å². The molecule has 1 aromatic carbocycles. The highest BCUT2D eigenvalue weighted by Crippen LogP contribution is 2.24. The maximum Gasteiger partial charge on any atom is 0.251 e. The van der Waals surface area contributed by atoms with Gasteiger partial charge in [-0.25, -0.2) is 9.37 Å². The van der Waals surface area contributed by atoms with Gasteiger partial charge in [0, 0.05) is 19.6 Å². The van der Waals surface area contributed by atoms with Crippen LogP contribution in [0, 0.1) is 5.82 Å². The molecule has 2 heterocycles. The molecule has 1 atom stereocenters. The topological polar surface area (TPSA) is 67.0 Å². The number of nitrogens with zero attached hydrogens (tertiary/aromatic N) is 1. The van der Waals surface area contributed by atoms with E-state index in [4.69, 9.17) is 4.74 Å². The van der Waals surface area contributed by atoms with Gasteiger partial charge in [0.25, 0.3) is 5.91 Å². The Bertz CT molecular complexity index is 677. The molecule has 2 N–H and O–H groups in total. The van der Waals surface area contributed by atoms with Gasteiger partial charge in [-0.05, 0) is 44.4 Å². The van der Waals surface area contributed by atoms with Crippen molar-refractivity contribution in [3.8, 4) is 0 Å². The second kappa shape index (κ2) is 6.04. The van der Waals surface area contributed by atoms with Gasteiger partial charge in [-0.1, -0.05) is 0 Å². The lowest BCUT2D eigenvalue weighted by molar-refractivity contribution is -0.139. The predicted octanol–water partition coefficient (Wildman–Crippen LogP) is 2.32. The van der Waals surface area contributed by atoms with Crippen molar-refractivity contribution in [1.82, 2.24) is 15.3 Å². The minimum absolute atomic E-state index is 0.0447. The number of hydrogen-bond donors (Lipinski definition) is 2. The van der Waals surface area contributed by atoms with Crippen molar-refractivity contribution in [3.05, 3.63) is 29.8 Å². The number of H-pyrrole nitrogens is 1. The molecule has 0 radical (unpaired) electrons. The molecule has 22 heavy (non-hydrogen) atoms. The highest BCUT2D eigenvalue weighted by molar-refractivity contribution is 5.84. The van der Waals surface area contributed by atoms with E-state index in [9.17, 15) is 9.18 Å². The van der Waals surface area contributed by atoms with Crippen molar-refractivity contribution in [2.24, 2.45) is 0 Å². The number of hydrogen-bond acceptors (Lipinski definition) is 3. The zero-order valence-corrected chi connectivity index (χ0v) is 12.6. The number of benzene rings is 1. The van der Waals surface area contributed by atoms with Crippen molar-refractivity contribution in [2.45, 2.75) is 38.2 Å². The van der Waals surface area contributed by atoms with E-state index in [1.807, 2.05) is 6.92 Å². The van der Waals surface area contributed by atoms with Crippen molar-refractivity contribution in [1.29, 1.82) is 0 Å². The number of nitrogens with one attached hydrogen (secondary N) is 2. The molecule has 6 heteroatoms. The number of ether oxygens (including phenoxy) is 1. The molecule has 1 aliphatic heterocycles. The molecule has 0 aliphatic carbocycles. The Morgan fingerprint density at radius 1 is 1.55 bits per heavy atom. The van der Waals surface area contributed by atoms with Gasteiger partial charge in [-0.3, -0.25) is 4.79 Å². The molecule has 1 fully saturated rings. The van der Waals surface area contributed by atoms with Crippen molar-refractivity contribution in [3.63, 3.8) is 0 Å². The van der Waals surface area contributed by atoms with E-state index in [2.05, 4.69) is 15.3 Å². The minimum Gasteiger partial charge on any atom is -0.365 e. The first kappa shape index (κ1) is 15.0. The van der Waals surface area contributed by atoms with Crippen molar-refractivity contribution in [2.75, 3.05) is 13.2 Å². The minimum atomic E-state index is -0.670. The van der Waals surface area contributed by atoms with E-state index >= 15 is 0 Å². The van der Waals surface area contributed by atoms with E-state index in [1.165, 1.54) is 12.1 Å². The van der Waals surface area contributed by atoms with Crippen LogP contribution in [-0.2, 0) is 16.0 Å². The third-order valence-corrected chi connectivity index (χ3v) is 4.07. The lowest BCUT2D eigenvalue weighted by atomic mass is 10.0. The van der Waals surface area contributed by atoms with Gasteiger partial charge in [0.15, 0.2) is 0 Å². The van der Waals surface area contributed by atoms with Crippen LogP contribution in [0.2, 0.25) is 0 Å². The SMILES string of the molecule is CC1(C(=O)NCCCc2nc3ccc(F)cc3[nH]2)CCCO1. The van der Waals surface area contributed by atoms with Gasteiger partial charge < -0.3 is 15.0 Å². The molecule has 1 amide bonds. The quantitative estimate of drug-likeness (QED) is 0.833. The van der Waals surface area contributed by atoms with Crippen molar-refractivity contribution >= 4 is 16.9 Å². The van der Waals surface area contributed by atoms with Crippen LogP contribution in [0.1, 0.15) is 32.0 Å². The summed E-state index contributed by atoms with van der Waals surface area (Å²) in [6, 6.07) is 4.49. The smallest absolute Gasteiger partial charge is 0.251 e. The molecular weight excluding hydrogens is 285 g/mol. The van der Waals surface area contributed by atoms with Gasteiger partial charge >= 0.3 is 0 Å². The average molecular weight is 305 g/mol. The second-order valence-corrected chi connectivity index (χ2v) is 5.89. The third kappa shape index (κ3) is 3.11. The molecule has 1 aliphatic rings. The first-order valence-electron chi connectivity index (χ1n) is 7.63. The fourth-order valence-corrected chi connectivity index (χ4v) is 2.76. The number of fused-ring (bicyclic) bond motifs is 1. The number of aryl methyl sites for hydroxylation is 1. The molecule has 3 rings (SSSR count). The highest BCUT2D eigenvalue weighted by atomic mass is 19.1. The normalized spacial score (nSPS) is 21.4. The molecule has 118 valence electrons. The first-order chi connectivity index (χ1) is 10.6. The number of aromatic nitrogens is 2. The number of carbonyl (C=O) groups excluding carboxylic acids is 1. The summed E-state index contributed by atoms with van der Waals surface area (Å²) in [7, 11) is 0. The van der Waals surface area contributed by atoms with Gasteiger partial charge in [0.2, 0.25) is 0 Å². The number of carbonyl (C=O) groups is 1. The van der Waals surface area contributed by atoms with E-state index in [0.717, 1.165) is 30.6 Å². The molecule has 5 nitrogen and oxygen atoms in total. The maximum absolute atomic E-state index is 13.1. The molecule has 0 spiro atoms. The Labute approximate surface area is 128 Å². The molecule has 1 aromatic heterocycles. The summed E-state index contributed by atoms with van der Waals surface area (Å²) < 4.78 is 18.6. The lowest BCUT2D eigenvalue weighted by Crippen LogP contribution is -2.44. The molecular formula is C16H20FN3O2. The van der Waals surface area contributed by atoms with Crippen LogP contribution in [0.15, 0.2) is 18.2 Å². The van der Waals surface area contributed by atoms with Gasteiger partial charge in [0.05, 0.1) is 11.0 Å². The largest absolute Gasteiger partial charge is 0.365 e. The third-order valence-electron chi connectivity index (χ3n) is 4.07. The first-order valence-corrected chi connectivity index (χ1v) is 7.63. The fourth-order valence-electron chi connectivity index (χ4n) is 2.76. The summed E-state index contributed by atoms with van der Waals surface area (Å²) in [5, 5.41) is 2.91. The van der Waals surface area contributed by atoms with Crippen LogP contribution in [0.4, 0.5) is 4.39 Å². The summed E-state index contributed by atoms with van der Waals surface area (Å²) in [4.78, 5) is 19.6. The van der Waals surface area contributed by atoms with E-state index in [1.54, 1.807) is 6.07 Å². The van der Waals surface area contributed by atoms with Gasteiger partial charge in [-0.2, -0.15) is 0 Å². The summed E-state index contributed by atoms with van der Waals surface area (Å²) in [5.74, 6) is 0.481. The summed E-state index contributed by atoms with van der Waals surface area (Å²) >= 11 is 0. The number of aromatic amines is 1. The Balaban J connectivity index is 1.49. The zero-order valence-electron chi connectivity index (χ0n) is 12.6. The van der Waals surface area contributed by atoms with Crippen molar-refractivity contribution < 1.29 is 13.9 Å². The van der Waals surface area contributed by atoms with E-state index < -0.39 is 5.60 Å². The Hall–Kier alpha value is -1.95. The highest BCUT2D eigenvalue weighted by Gasteiger charge is 2.37.